The van der Waals surface area contributed by atoms with Crippen molar-refractivity contribution in [2.24, 2.45) is 0 Å². The highest BCUT2D eigenvalue weighted by atomic mass is 16.7. The average molecular weight is 605 g/mol. The number of likely N-dealkylation sites (tertiary alicyclic amines) is 1. The Kier molecular flexibility index (Phi) is 9.84. The minimum absolute atomic E-state index is 0.157. The molecule has 1 aromatic carbocycles. The first kappa shape index (κ1) is 32.5. The number of carbonyl (C=O) groups is 4. The number of carbonyl (C=O) groups excluding carboxylic acids is 4. The third-order valence-electron chi connectivity index (χ3n) is 7.22. The lowest BCUT2D eigenvalue weighted by Gasteiger charge is -2.46. The van der Waals surface area contributed by atoms with Crippen LogP contribution in [-0.4, -0.2) is 111 Å². The number of fused-ring (bicyclic) bond motifs is 2. The van der Waals surface area contributed by atoms with Gasteiger partial charge < -0.3 is 24.4 Å². The van der Waals surface area contributed by atoms with E-state index in [-0.39, 0.29) is 38.3 Å². The Morgan fingerprint density at radius 2 is 1.67 bits per heavy atom. The maximum atomic E-state index is 13.0. The minimum atomic E-state index is -1.44. The topological polar surface area (TPSA) is 153 Å². The molecule has 1 aromatic rings. The molecule has 3 fully saturated rings. The van der Waals surface area contributed by atoms with Gasteiger partial charge in [-0.3, -0.25) is 25.3 Å². The number of amides is 5. The number of nitrogens with zero attached hydrogens (tertiary/aromatic N) is 4. The molecular weight excluding hydrogens is 560 g/mol. The van der Waals surface area contributed by atoms with Gasteiger partial charge in [-0.15, -0.1) is 0 Å². The molecule has 3 saturated heterocycles. The van der Waals surface area contributed by atoms with Crippen molar-refractivity contribution in [1.29, 1.82) is 0 Å². The zero-order chi connectivity index (χ0) is 31.5. The number of piperidine rings is 1. The van der Waals surface area contributed by atoms with Crippen LogP contribution in [0.25, 0.3) is 0 Å². The molecule has 14 heteroatoms. The number of urea groups is 1. The number of aliphatic hydroxyl groups excluding tert-OH is 1. The first-order valence-electron chi connectivity index (χ1n) is 14.6. The van der Waals surface area contributed by atoms with Gasteiger partial charge in [0.25, 0.3) is 11.8 Å². The van der Waals surface area contributed by atoms with Crippen LogP contribution in [0.5, 0.6) is 0 Å². The summed E-state index contributed by atoms with van der Waals surface area (Å²) in [5.74, 6) is -1.13. The highest BCUT2D eigenvalue weighted by Crippen LogP contribution is 2.30. The van der Waals surface area contributed by atoms with E-state index in [1.807, 2.05) is 30.3 Å². The van der Waals surface area contributed by atoms with Crippen LogP contribution < -0.4 is 10.9 Å². The standard InChI is InChI=1S/C29H44N6O8/c1-28(2,3)42-26(39)32-14-21(15-32)33(27(40)43-29(4,5)6)17-23(36)30-31-24(37)22-13-12-20-16-34(22)25(38)35(20)41-18-19-10-8-7-9-11-19/h7-11,20-22,27,40H,12-18H2,1-6H3,(H,30,36)(H,31,37). The Balaban J connectivity index is 1.29. The summed E-state index contributed by atoms with van der Waals surface area (Å²) in [7, 11) is 0. The zero-order valence-electron chi connectivity index (χ0n) is 25.7. The van der Waals surface area contributed by atoms with Crippen LogP contribution in [0.4, 0.5) is 9.59 Å². The monoisotopic (exact) mass is 604 g/mol. The van der Waals surface area contributed by atoms with Crippen LogP contribution in [0.2, 0.25) is 0 Å². The van der Waals surface area contributed by atoms with Gasteiger partial charge in [0.1, 0.15) is 18.2 Å². The number of hydroxylamine groups is 2. The van der Waals surface area contributed by atoms with Crippen LogP contribution in [0.3, 0.4) is 0 Å². The molecule has 4 rings (SSSR count). The van der Waals surface area contributed by atoms with E-state index in [0.717, 1.165) is 5.56 Å². The molecule has 3 aliphatic rings. The van der Waals surface area contributed by atoms with Crippen molar-refractivity contribution in [2.45, 2.75) is 96.7 Å². The fraction of sp³-hybridized carbons (Fsp3) is 0.655. The molecule has 2 bridgehead atoms. The van der Waals surface area contributed by atoms with Gasteiger partial charge in [0, 0.05) is 19.6 Å². The van der Waals surface area contributed by atoms with E-state index in [9.17, 15) is 24.3 Å². The summed E-state index contributed by atoms with van der Waals surface area (Å²) in [5, 5.41) is 12.1. The van der Waals surface area contributed by atoms with Gasteiger partial charge in [0.15, 0.2) is 0 Å². The lowest BCUT2D eigenvalue weighted by molar-refractivity contribution is -0.255. The maximum Gasteiger partial charge on any atom is 0.410 e. The average Bonchev–Trinajstić information content (AvgIpc) is 3.12. The molecule has 43 heavy (non-hydrogen) atoms. The third-order valence-corrected chi connectivity index (χ3v) is 7.22. The summed E-state index contributed by atoms with van der Waals surface area (Å²) in [5.41, 5.74) is 4.38. The fourth-order valence-corrected chi connectivity index (χ4v) is 5.12. The second kappa shape index (κ2) is 13.0. The van der Waals surface area contributed by atoms with Crippen molar-refractivity contribution < 1.29 is 38.6 Å². The predicted molar refractivity (Wildman–Crippen MR) is 153 cm³/mol. The lowest BCUT2D eigenvalue weighted by Crippen LogP contribution is -2.66. The van der Waals surface area contributed by atoms with Gasteiger partial charge >= 0.3 is 12.1 Å². The number of nitrogens with one attached hydrogen (secondary N) is 2. The molecule has 0 spiro atoms. The zero-order valence-corrected chi connectivity index (χ0v) is 25.7. The SMILES string of the molecule is CC(C)(C)OC(=O)N1CC(N(CC(=O)NNC(=O)C2CCC3CN2C(=O)N3OCc2ccccc2)C(O)OC(C)(C)C)C1. The Morgan fingerprint density at radius 1 is 1.00 bits per heavy atom. The van der Waals surface area contributed by atoms with E-state index < -0.39 is 47.6 Å². The molecule has 0 aromatic heterocycles. The Labute approximate surface area is 252 Å². The summed E-state index contributed by atoms with van der Waals surface area (Å²) < 4.78 is 11.1. The molecule has 3 unspecified atom stereocenters. The molecule has 0 radical (unpaired) electrons. The summed E-state index contributed by atoms with van der Waals surface area (Å²) in [6.07, 6.45) is -0.937. The van der Waals surface area contributed by atoms with Crippen LogP contribution in [0, 0.1) is 0 Å². The Hall–Kier alpha value is -3.46. The summed E-state index contributed by atoms with van der Waals surface area (Å²) >= 11 is 0. The quantitative estimate of drug-likeness (QED) is 0.281. The van der Waals surface area contributed by atoms with E-state index >= 15 is 0 Å². The van der Waals surface area contributed by atoms with E-state index in [1.54, 1.807) is 41.5 Å². The normalized spacial score (nSPS) is 21.5. The van der Waals surface area contributed by atoms with Crippen LogP contribution in [-0.2, 0) is 30.5 Å². The number of hydrogen-bond donors (Lipinski definition) is 3. The van der Waals surface area contributed by atoms with Gasteiger partial charge in [0.05, 0.1) is 24.2 Å². The van der Waals surface area contributed by atoms with E-state index in [4.69, 9.17) is 14.3 Å². The molecule has 3 heterocycles. The fourth-order valence-electron chi connectivity index (χ4n) is 5.12. The molecule has 0 aliphatic carbocycles. The number of rotatable bonds is 9. The largest absolute Gasteiger partial charge is 0.444 e. The second-order valence-corrected chi connectivity index (χ2v) is 13.1. The lowest BCUT2D eigenvalue weighted by atomic mass is 10.0. The summed E-state index contributed by atoms with van der Waals surface area (Å²) in [6, 6.07) is 7.80. The van der Waals surface area contributed by atoms with Crippen molar-refractivity contribution in [2.75, 3.05) is 26.2 Å². The van der Waals surface area contributed by atoms with Crippen molar-refractivity contribution in [1.82, 2.24) is 30.6 Å². The van der Waals surface area contributed by atoms with Crippen molar-refractivity contribution >= 4 is 23.9 Å². The van der Waals surface area contributed by atoms with Crippen LogP contribution in [0.15, 0.2) is 30.3 Å². The number of benzene rings is 1. The van der Waals surface area contributed by atoms with Crippen molar-refractivity contribution in [3.63, 3.8) is 0 Å². The smallest absolute Gasteiger partial charge is 0.410 e. The molecule has 0 saturated carbocycles. The van der Waals surface area contributed by atoms with Gasteiger partial charge in [-0.2, -0.15) is 5.06 Å². The van der Waals surface area contributed by atoms with E-state index in [0.29, 0.717) is 19.4 Å². The number of hydrazine groups is 1. The van der Waals surface area contributed by atoms with E-state index in [2.05, 4.69) is 10.9 Å². The van der Waals surface area contributed by atoms with Gasteiger partial charge in [-0.25, -0.2) is 14.5 Å². The first-order chi connectivity index (χ1) is 20.1. The van der Waals surface area contributed by atoms with Gasteiger partial charge in [0.2, 0.25) is 6.41 Å². The molecule has 238 valence electrons. The Bertz CT molecular complexity index is 1160. The number of ether oxygens (including phenoxy) is 2. The molecule has 3 aliphatic heterocycles. The molecule has 3 N–H and O–H groups in total. The molecule has 3 atom stereocenters. The number of aliphatic hydroxyl groups is 1. The molecule has 14 nitrogen and oxygen atoms in total. The van der Waals surface area contributed by atoms with Crippen molar-refractivity contribution in [3.05, 3.63) is 35.9 Å². The minimum Gasteiger partial charge on any atom is -0.444 e. The van der Waals surface area contributed by atoms with Crippen LogP contribution >= 0.6 is 0 Å². The molecular formula is C29H44N6O8. The highest BCUT2D eigenvalue weighted by molar-refractivity contribution is 5.90. The number of hydrogen-bond acceptors (Lipinski definition) is 9. The Morgan fingerprint density at radius 3 is 2.30 bits per heavy atom. The predicted octanol–water partition coefficient (Wildman–Crippen LogP) is 1.55. The third kappa shape index (κ3) is 8.56. The molecule has 5 amide bonds. The maximum absolute atomic E-state index is 13.0. The van der Waals surface area contributed by atoms with E-state index in [1.165, 1.54) is 19.8 Å². The van der Waals surface area contributed by atoms with Crippen LogP contribution in [0.1, 0.15) is 59.9 Å². The summed E-state index contributed by atoms with van der Waals surface area (Å²) in [6.45, 7) is 11.3. The highest BCUT2D eigenvalue weighted by Gasteiger charge is 2.48. The van der Waals surface area contributed by atoms with Crippen molar-refractivity contribution in [3.8, 4) is 0 Å². The second-order valence-electron chi connectivity index (χ2n) is 13.1. The first-order valence-corrected chi connectivity index (χ1v) is 14.6. The van der Waals surface area contributed by atoms with Gasteiger partial charge in [-0.05, 0) is 59.9 Å². The summed E-state index contributed by atoms with van der Waals surface area (Å²) in [4.78, 5) is 61.5. The van der Waals surface area contributed by atoms with Gasteiger partial charge in [-0.1, -0.05) is 30.3 Å².